The lowest BCUT2D eigenvalue weighted by Crippen LogP contribution is -2.58. The summed E-state index contributed by atoms with van der Waals surface area (Å²) in [5, 5.41) is 11.7. The fourth-order valence-corrected chi connectivity index (χ4v) is 2.21. The molecule has 140 valence electrons. The van der Waals surface area contributed by atoms with Crippen LogP contribution in [0.15, 0.2) is 42.5 Å². The Hall–Kier alpha value is -2.65. The summed E-state index contributed by atoms with van der Waals surface area (Å²) in [6.07, 6.45) is -13.9. The molecule has 0 amide bonds. The van der Waals surface area contributed by atoms with Crippen molar-refractivity contribution in [1.82, 2.24) is 0 Å². The highest BCUT2D eigenvalue weighted by molar-refractivity contribution is 6.04. The third-order valence-corrected chi connectivity index (χ3v) is 3.52. The predicted octanol–water partition coefficient (Wildman–Crippen LogP) is 4.08. The maximum Gasteiger partial charge on any atom is 0.439 e. The van der Waals surface area contributed by atoms with Crippen LogP contribution in [0, 0.1) is 5.82 Å². The first-order chi connectivity index (χ1) is 11.8. The number of ketones is 1. The van der Waals surface area contributed by atoms with Crippen LogP contribution in [0.3, 0.4) is 0 Å². The molecule has 0 bridgehead atoms. The first kappa shape index (κ1) is 19.7. The first-order valence-electron chi connectivity index (χ1n) is 6.74. The van der Waals surface area contributed by atoms with Crippen molar-refractivity contribution in [2.75, 3.05) is 0 Å². The van der Waals surface area contributed by atoms with Crippen molar-refractivity contribution < 1.29 is 45.0 Å². The highest BCUT2D eigenvalue weighted by Crippen LogP contribution is 2.47. The summed E-state index contributed by atoms with van der Waals surface area (Å²) in [5.74, 6) is -5.55. The SMILES string of the molecule is O=C(/C=C(\[O-])c1ccc(F)c2ccccc12)C(F)(C(F)(F)F)C(F)(F)F. The molecule has 26 heavy (non-hydrogen) atoms. The van der Waals surface area contributed by atoms with Gasteiger partial charge in [-0.25, -0.2) is 8.78 Å². The molecule has 0 saturated carbocycles. The summed E-state index contributed by atoms with van der Waals surface area (Å²) in [4.78, 5) is 11.4. The Morgan fingerprint density at radius 2 is 1.35 bits per heavy atom. The van der Waals surface area contributed by atoms with Gasteiger partial charge in [0, 0.05) is 5.39 Å². The van der Waals surface area contributed by atoms with E-state index in [1.54, 1.807) is 0 Å². The van der Waals surface area contributed by atoms with E-state index in [-0.39, 0.29) is 10.8 Å². The molecule has 2 nitrogen and oxygen atoms in total. The summed E-state index contributed by atoms with van der Waals surface area (Å²) in [7, 11) is 0. The minimum atomic E-state index is -6.62. The topological polar surface area (TPSA) is 40.1 Å². The van der Waals surface area contributed by atoms with Crippen molar-refractivity contribution in [1.29, 1.82) is 0 Å². The molecule has 0 heterocycles. The molecule has 0 saturated heterocycles. The van der Waals surface area contributed by atoms with E-state index < -0.39 is 47.0 Å². The molecule has 0 unspecified atom stereocenters. The zero-order valence-electron chi connectivity index (χ0n) is 12.4. The second-order valence-corrected chi connectivity index (χ2v) is 5.17. The van der Waals surface area contributed by atoms with Gasteiger partial charge >= 0.3 is 18.0 Å². The van der Waals surface area contributed by atoms with Crippen LogP contribution in [0.2, 0.25) is 0 Å². The highest BCUT2D eigenvalue weighted by Gasteiger charge is 2.76. The van der Waals surface area contributed by atoms with Crippen molar-refractivity contribution in [2.24, 2.45) is 0 Å². The minimum Gasteiger partial charge on any atom is -0.872 e. The van der Waals surface area contributed by atoms with Gasteiger partial charge in [0.2, 0.25) is 5.78 Å². The molecule has 0 N–H and O–H groups in total. The Balaban J connectivity index is 2.60. The van der Waals surface area contributed by atoms with Gasteiger partial charge in [-0.1, -0.05) is 36.1 Å². The number of halogens is 8. The summed E-state index contributed by atoms with van der Waals surface area (Å²) < 4.78 is 102. The van der Waals surface area contributed by atoms with Crippen molar-refractivity contribution in [3.8, 4) is 0 Å². The molecule has 2 aromatic rings. The lowest BCUT2D eigenvalue weighted by atomic mass is 9.96. The van der Waals surface area contributed by atoms with Gasteiger partial charge in [-0.3, -0.25) is 4.79 Å². The van der Waals surface area contributed by atoms with Crippen molar-refractivity contribution in [2.45, 2.75) is 18.0 Å². The number of hydrogen-bond donors (Lipinski definition) is 0. The molecular formula is C16H7F8O2-. The first-order valence-corrected chi connectivity index (χ1v) is 6.74. The van der Waals surface area contributed by atoms with E-state index in [1.165, 1.54) is 24.3 Å². The third-order valence-electron chi connectivity index (χ3n) is 3.52. The molecule has 0 aliphatic heterocycles. The molecular weight excluding hydrogens is 376 g/mol. The Morgan fingerprint density at radius 3 is 1.85 bits per heavy atom. The number of rotatable bonds is 3. The van der Waals surface area contributed by atoms with E-state index in [9.17, 15) is 45.0 Å². The smallest absolute Gasteiger partial charge is 0.439 e. The fraction of sp³-hybridized carbons (Fsp3) is 0.188. The molecule has 2 rings (SSSR count). The average Bonchev–Trinajstić information content (AvgIpc) is 2.52. The van der Waals surface area contributed by atoms with E-state index in [2.05, 4.69) is 0 Å². The minimum absolute atomic E-state index is 0.155. The predicted molar refractivity (Wildman–Crippen MR) is 72.8 cm³/mol. The second-order valence-electron chi connectivity index (χ2n) is 5.17. The summed E-state index contributed by atoms with van der Waals surface area (Å²) >= 11 is 0. The standard InChI is InChI=1S/C16H8F8O2/c17-11-6-5-10(8-3-1-2-4-9(8)11)12(25)7-13(26)14(18,15(19,20)21)16(22,23)24/h1-7,25H/p-1/b12-7-. The van der Waals surface area contributed by atoms with Crippen molar-refractivity contribution >= 4 is 22.3 Å². The van der Waals surface area contributed by atoms with Crippen LogP contribution in [0.5, 0.6) is 0 Å². The zero-order valence-corrected chi connectivity index (χ0v) is 12.4. The van der Waals surface area contributed by atoms with Crippen LogP contribution in [0.25, 0.3) is 16.5 Å². The Morgan fingerprint density at radius 1 is 0.846 bits per heavy atom. The lowest BCUT2D eigenvalue weighted by Gasteiger charge is -2.28. The van der Waals surface area contributed by atoms with Gasteiger partial charge < -0.3 is 5.11 Å². The number of carbonyl (C=O) groups is 1. The van der Waals surface area contributed by atoms with Crippen LogP contribution < -0.4 is 5.11 Å². The number of allylic oxidation sites excluding steroid dienone is 1. The van der Waals surface area contributed by atoms with Crippen LogP contribution in [-0.4, -0.2) is 23.8 Å². The lowest BCUT2D eigenvalue weighted by molar-refractivity contribution is -0.323. The van der Waals surface area contributed by atoms with E-state index in [4.69, 9.17) is 0 Å². The average molecular weight is 383 g/mol. The van der Waals surface area contributed by atoms with E-state index in [0.717, 1.165) is 12.1 Å². The van der Waals surface area contributed by atoms with Gasteiger partial charge in [0.25, 0.3) is 0 Å². The number of alkyl halides is 7. The van der Waals surface area contributed by atoms with Crippen molar-refractivity contribution in [3.63, 3.8) is 0 Å². The monoisotopic (exact) mass is 383 g/mol. The largest absolute Gasteiger partial charge is 0.872 e. The molecule has 10 heteroatoms. The van der Waals surface area contributed by atoms with Gasteiger partial charge in [0.1, 0.15) is 5.82 Å². The van der Waals surface area contributed by atoms with Gasteiger partial charge in [0.15, 0.2) is 0 Å². The van der Waals surface area contributed by atoms with Crippen LogP contribution in [0.4, 0.5) is 35.1 Å². The number of carbonyl (C=O) groups excluding carboxylic acids is 1. The number of benzene rings is 2. The number of hydrogen-bond acceptors (Lipinski definition) is 2. The molecule has 0 fully saturated rings. The van der Waals surface area contributed by atoms with Crippen LogP contribution in [-0.2, 0) is 4.79 Å². The summed E-state index contributed by atoms with van der Waals surface area (Å²) in [6, 6.07) is 6.57. The zero-order chi connectivity index (χ0) is 19.9. The molecule has 0 radical (unpaired) electrons. The maximum atomic E-state index is 13.6. The molecule has 0 aromatic heterocycles. The van der Waals surface area contributed by atoms with Crippen LogP contribution in [0.1, 0.15) is 5.56 Å². The second kappa shape index (κ2) is 6.26. The van der Waals surface area contributed by atoms with Gasteiger partial charge in [-0.05, 0) is 23.1 Å². The van der Waals surface area contributed by atoms with Crippen LogP contribution >= 0.6 is 0 Å². The Kier molecular flexibility index (Phi) is 4.73. The van der Waals surface area contributed by atoms with Crippen molar-refractivity contribution in [3.05, 3.63) is 53.9 Å². The van der Waals surface area contributed by atoms with E-state index >= 15 is 0 Å². The molecule has 0 aliphatic carbocycles. The summed E-state index contributed by atoms with van der Waals surface area (Å²) in [5.41, 5.74) is -6.78. The maximum absolute atomic E-state index is 13.6. The quantitative estimate of drug-likeness (QED) is 0.455. The van der Waals surface area contributed by atoms with E-state index in [1.807, 2.05) is 0 Å². The molecule has 2 aromatic carbocycles. The van der Waals surface area contributed by atoms with Gasteiger partial charge in [0.05, 0.1) is 0 Å². The Bertz CT molecular complexity index is 866. The molecule has 0 aliphatic rings. The fourth-order valence-electron chi connectivity index (χ4n) is 2.21. The summed E-state index contributed by atoms with van der Waals surface area (Å²) in [6.45, 7) is 0. The van der Waals surface area contributed by atoms with Gasteiger partial charge in [-0.2, -0.15) is 26.3 Å². The molecule has 0 spiro atoms. The molecule has 0 atom stereocenters. The normalized spacial score (nSPS) is 13.9. The van der Waals surface area contributed by atoms with Gasteiger partial charge in [-0.15, -0.1) is 0 Å². The van der Waals surface area contributed by atoms with E-state index in [0.29, 0.717) is 0 Å². The highest BCUT2D eigenvalue weighted by atomic mass is 19.4. The third kappa shape index (κ3) is 3.11. The Labute approximate surface area is 140 Å². The number of fused-ring (bicyclic) bond motifs is 1.